The number of benzene rings is 3. The third-order valence-electron chi connectivity index (χ3n) is 7.41. The van der Waals surface area contributed by atoms with Crippen molar-refractivity contribution < 1.29 is 4.79 Å². The average Bonchev–Trinajstić information content (AvgIpc) is 3.10. The molecule has 6 rings (SSSR count). The quantitative estimate of drug-likeness (QED) is 0.419. The number of hydrogen-bond acceptors (Lipinski definition) is 4. The maximum Gasteiger partial charge on any atom is 0.261 e. The molecule has 3 aliphatic heterocycles. The van der Waals surface area contributed by atoms with Gasteiger partial charge in [-0.15, -0.1) is 0 Å². The first-order valence-corrected chi connectivity index (χ1v) is 12.7. The molecule has 3 aromatic carbocycles. The molecule has 172 valence electrons. The molecule has 3 aliphatic rings. The molecule has 3 heterocycles. The van der Waals surface area contributed by atoms with Gasteiger partial charge in [0.2, 0.25) is 0 Å². The number of piperazine rings is 1. The smallest absolute Gasteiger partial charge is 0.261 e. The van der Waals surface area contributed by atoms with Gasteiger partial charge < -0.3 is 9.80 Å². The summed E-state index contributed by atoms with van der Waals surface area (Å²) in [6, 6.07) is 24.1. The van der Waals surface area contributed by atoms with E-state index in [1.165, 1.54) is 11.3 Å². The number of amides is 1. The molecule has 34 heavy (non-hydrogen) atoms. The number of anilines is 3. The fourth-order valence-electron chi connectivity index (χ4n) is 5.75. The van der Waals surface area contributed by atoms with Gasteiger partial charge in [-0.05, 0) is 67.4 Å². The van der Waals surface area contributed by atoms with Crippen molar-refractivity contribution in [1.29, 1.82) is 0 Å². The number of halogens is 2. The molecule has 5 nitrogen and oxygen atoms in total. The van der Waals surface area contributed by atoms with Crippen LogP contribution in [0.3, 0.4) is 0 Å². The lowest BCUT2D eigenvalue weighted by molar-refractivity contribution is -0.125. The monoisotopic (exact) mass is 534 g/mol. The number of hydrazone groups is 1. The van der Waals surface area contributed by atoms with E-state index in [4.69, 9.17) is 16.7 Å². The largest absolute Gasteiger partial charge is 0.368 e. The standard InChI is InChI=1S/C27H24BrClN4O/c1-18-27(26(34)33(30-18)22-7-3-2-4-8-22)16-19-14-20(28)10-11-24(19)32-13-12-31(17-25(27)32)23-9-5-6-21(29)15-23/h2-11,14-15,25H,12-13,16-17H2,1H3/t25-,27+/m0/s1. The summed E-state index contributed by atoms with van der Waals surface area (Å²) in [7, 11) is 0. The highest BCUT2D eigenvalue weighted by molar-refractivity contribution is 9.10. The van der Waals surface area contributed by atoms with Crippen molar-refractivity contribution in [3.8, 4) is 0 Å². The van der Waals surface area contributed by atoms with Gasteiger partial charge in [0.15, 0.2) is 0 Å². The molecule has 3 aromatic rings. The Bertz CT molecular complexity index is 1310. The van der Waals surface area contributed by atoms with Crippen LogP contribution in [-0.4, -0.2) is 37.3 Å². The number of carbonyl (C=O) groups is 1. The van der Waals surface area contributed by atoms with Gasteiger partial charge in [0.25, 0.3) is 5.91 Å². The van der Waals surface area contributed by atoms with Crippen molar-refractivity contribution >= 4 is 56.2 Å². The Morgan fingerprint density at radius 2 is 1.79 bits per heavy atom. The zero-order chi connectivity index (χ0) is 23.4. The van der Waals surface area contributed by atoms with Crippen molar-refractivity contribution in [2.75, 3.05) is 34.4 Å². The Labute approximate surface area is 212 Å². The predicted octanol–water partition coefficient (Wildman–Crippen LogP) is 5.76. The number of hydrogen-bond donors (Lipinski definition) is 0. The minimum Gasteiger partial charge on any atom is -0.368 e. The molecule has 7 heteroatoms. The summed E-state index contributed by atoms with van der Waals surface area (Å²) in [6.45, 7) is 4.41. The average molecular weight is 536 g/mol. The van der Waals surface area contributed by atoms with Crippen LogP contribution >= 0.6 is 27.5 Å². The SMILES string of the molecule is CC1=NN(c2ccccc2)C(=O)[C@]12Cc1cc(Br)ccc1N1CCN(c3cccc(Cl)c3)C[C@H]12. The van der Waals surface area contributed by atoms with Crippen LogP contribution in [0.15, 0.2) is 82.4 Å². The summed E-state index contributed by atoms with van der Waals surface area (Å²) in [5.41, 5.74) is 4.42. The summed E-state index contributed by atoms with van der Waals surface area (Å²) >= 11 is 9.95. The molecule has 0 radical (unpaired) electrons. The number of nitrogens with zero attached hydrogens (tertiary/aromatic N) is 4. The third-order valence-corrected chi connectivity index (χ3v) is 8.14. The van der Waals surface area contributed by atoms with E-state index in [9.17, 15) is 4.79 Å². The summed E-state index contributed by atoms with van der Waals surface area (Å²) in [6.07, 6.45) is 0.629. The Hall–Kier alpha value is -2.83. The van der Waals surface area contributed by atoms with E-state index in [0.717, 1.165) is 46.2 Å². The maximum atomic E-state index is 14.3. The predicted molar refractivity (Wildman–Crippen MR) is 142 cm³/mol. The van der Waals surface area contributed by atoms with E-state index in [1.54, 1.807) is 5.01 Å². The molecule has 1 fully saturated rings. The van der Waals surface area contributed by atoms with Crippen LogP contribution in [0.2, 0.25) is 5.02 Å². The zero-order valence-electron chi connectivity index (χ0n) is 18.8. The maximum absolute atomic E-state index is 14.3. The molecular formula is C27H24BrClN4O. The van der Waals surface area contributed by atoms with Gasteiger partial charge in [-0.1, -0.05) is 51.8 Å². The molecule has 0 aromatic heterocycles. The van der Waals surface area contributed by atoms with Crippen LogP contribution in [0.1, 0.15) is 12.5 Å². The lowest BCUT2D eigenvalue weighted by Crippen LogP contribution is -2.67. The topological polar surface area (TPSA) is 39.2 Å². The second kappa shape index (κ2) is 8.14. The molecule has 0 bridgehead atoms. The second-order valence-electron chi connectivity index (χ2n) is 9.19. The zero-order valence-corrected chi connectivity index (χ0v) is 21.1. The highest BCUT2D eigenvalue weighted by Crippen LogP contribution is 2.49. The lowest BCUT2D eigenvalue weighted by atomic mass is 9.67. The lowest BCUT2D eigenvalue weighted by Gasteiger charge is -2.53. The van der Waals surface area contributed by atoms with Crippen LogP contribution in [0.4, 0.5) is 17.1 Å². The van der Waals surface area contributed by atoms with Gasteiger partial charge in [0, 0.05) is 40.5 Å². The van der Waals surface area contributed by atoms with Crippen molar-refractivity contribution in [1.82, 2.24) is 0 Å². The van der Waals surface area contributed by atoms with E-state index >= 15 is 0 Å². The first-order chi connectivity index (χ1) is 16.5. The van der Waals surface area contributed by atoms with E-state index in [-0.39, 0.29) is 11.9 Å². The molecule has 0 aliphatic carbocycles. The third kappa shape index (κ3) is 3.27. The van der Waals surface area contributed by atoms with Crippen molar-refractivity contribution in [3.05, 3.63) is 87.9 Å². The Morgan fingerprint density at radius 1 is 1.00 bits per heavy atom. The minimum absolute atomic E-state index is 0.0427. The van der Waals surface area contributed by atoms with Crippen LogP contribution in [-0.2, 0) is 11.2 Å². The van der Waals surface area contributed by atoms with E-state index in [0.29, 0.717) is 6.42 Å². The fourth-order valence-corrected chi connectivity index (χ4v) is 6.35. The Balaban J connectivity index is 1.46. The molecule has 1 saturated heterocycles. The molecule has 2 atom stereocenters. The summed E-state index contributed by atoms with van der Waals surface area (Å²) in [5.74, 6) is 0.0461. The fraction of sp³-hybridized carbons (Fsp3) is 0.259. The van der Waals surface area contributed by atoms with E-state index in [1.807, 2.05) is 55.5 Å². The molecule has 0 saturated carbocycles. The van der Waals surface area contributed by atoms with Gasteiger partial charge in [0.1, 0.15) is 5.41 Å². The van der Waals surface area contributed by atoms with Gasteiger partial charge >= 0.3 is 0 Å². The number of fused-ring (bicyclic) bond motifs is 4. The van der Waals surface area contributed by atoms with Gasteiger partial charge in [-0.25, -0.2) is 0 Å². The Kier molecular flexibility index (Phi) is 5.19. The van der Waals surface area contributed by atoms with Crippen LogP contribution in [0, 0.1) is 5.41 Å². The first-order valence-electron chi connectivity index (χ1n) is 11.5. The van der Waals surface area contributed by atoms with Crippen LogP contribution in [0.25, 0.3) is 0 Å². The van der Waals surface area contributed by atoms with Crippen LogP contribution in [0.5, 0.6) is 0 Å². The number of carbonyl (C=O) groups excluding carboxylic acids is 1. The highest BCUT2D eigenvalue weighted by atomic mass is 79.9. The summed E-state index contributed by atoms with van der Waals surface area (Å²) in [5, 5.41) is 7.16. The number of para-hydroxylation sites is 1. The van der Waals surface area contributed by atoms with Gasteiger partial charge in [0.05, 0.1) is 17.4 Å². The highest BCUT2D eigenvalue weighted by Gasteiger charge is 2.60. The minimum atomic E-state index is -0.735. The molecule has 0 unspecified atom stereocenters. The van der Waals surface area contributed by atoms with Gasteiger partial charge in [-0.3, -0.25) is 4.79 Å². The summed E-state index contributed by atoms with van der Waals surface area (Å²) < 4.78 is 1.03. The Morgan fingerprint density at radius 3 is 2.59 bits per heavy atom. The summed E-state index contributed by atoms with van der Waals surface area (Å²) in [4.78, 5) is 19.1. The normalized spacial score (nSPS) is 23.7. The van der Waals surface area contributed by atoms with Crippen molar-refractivity contribution in [3.63, 3.8) is 0 Å². The van der Waals surface area contributed by atoms with E-state index in [2.05, 4.69) is 50.0 Å². The number of rotatable bonds is 2. The molecule has 1 spiro atoms. The molecule has 0 N–H and O–H groups in total. The molecule has 1 amide bonds. The van der Waals surface area contributed by atoms with Crippen molar-refractivity contribution in [2.45, 2.75) is 19.4 Å². The molecular weight excluding hydrogens is 512 g/mol. The van der Waals surface area contributed by atoms with Crippen LogP contribution < -0.4 is 14.8 Å². The first kappa shape index (κ1) is 21.7. The van der Waals surface area contributed by atoms with E-state index < -0.39 is 5.41 Å². The second-order valence-corrected chi connectivity index (χ2v) is 10.5. The van der Waals surface area contributed by atoms with Crippen molar-refractivity contribution in [2.24, 2.45) is 10.5 Å². The van der Waals surface area contributed by atoms with Gasteiger partial charge in [-0.2, -0.15) is 10.1 Å².